The smallest absolute Gasteiger partial charge is 0.126 e. The van der Waals surface area contributed by atoms with Crippen molar-refractivity contribution in [3.8, 4) is 0 Å². The van der Waals surface area contributed by atoms with E-state index in [9.17, 15) is 0 Å². The van der Waals surface area contributed by atoms with Crippen LogP contribution in [-0.2, 0) is 12.8 Å². The summed E-state index contributed by atoms with van der Waals surface area (Å²) in [5.41, 5.74) is 10.1. The minimum absolute atomic E-state index is 0.432. The first-order chi connectivity index (χ1) is 9.79. The molecule has 2 aromatic rings. The van der Waals surface area contributed by atoms with Crippen LogP contribution < -0.4 is 11.1 Å². The summed E-state index contributed by atoms with van der Waals surface area (Å²) in [6, 6.07) is 13.2. The molecule has 0 radical (unpaired) electrons. The summed E-state index contributed by atoms with van der Waals surface area (Å²) in [5, 5.41) is 3.62. The number of likely N-dealkylation sites (N-methyl/N-ethyl adjacent to an activating group) is 1. The van der Waals surface area contributed by atoms with Crippen molar-refractivity contribution in [2.24, 2.45) is 0 Å². The zero-order valence-corrected chi connectivity index (χ0v) is 11.8. The van der Waals surface area contributed by atoms with Crippen LogP contribution in [0.3, 0.4) is 0 Å². The van der Waals surface area contributed by atoms with E-state index in [1.54, 1.807) is 6.20 Å². The molecule has 0 aliphatic heterocycles. The summed E-state index contributed by atoms with van der Waals surface area (Å²) in [6.45, 7) is 3.13. The Kier molecular flexibility index (Phi) is 3.70. The summed E-state index contributed by atoms with van der Waals surface area (Å²) in [5.74, 6) is 1.24. The van der Waals surface area contributed by atoms with Crippen LogP contribution in [0, 0.1) is 0 Å². The molecule has 0 bridgehead atoms. The highest BCUT2D eigenvalue weighted by Crippen LogP contribution is 2.38. The van der Waals surface area contributed by atoms with Crippen molar-refractivity contribution in [2.75, 3.05) is 12.3 Å². The number of hydrogen-bond acceptors (Lipinski definition) is 3. The van der Waals surface area contributed by atoms with E-state index in [2.05, 4.69) is 47.6 Å². The molecule has 0 fully saturated rings. The van der Waals surface area contributed by atoms with E-state index >= 15 is 0 Å². The van der Waals surface area contributed by atoms with E-state index in [1.165, 1.54) is 11.1 Å². The molecule has 104 valence electrons. The van der Waals surface area contributed by atoms with Gasteiger partial charge in [0.05, 0.1) is 0 Å². The van der Waals surface area contributed by atoms with E-state index in [0.29, 0.717) is 17.8 Å². The van der Waals surface area contributed by atoms with E-state index in [1.807, 2.05) is 6.07 Å². The zero-order chi connectivity index (χ0) is 13.9. The molecule has 3 N–H and O–H groups in total. The van der Waals surface area contributed by atoms with E-state index in [0.717, 1.165) is 24.9 Å². The molecule has 1 aromatic carbocycles. The minimum Gasteiger partial charge on any atom is -0.383 e. The standard InChI is InChI=1S/C17H21N3/c1-2-19-16(11-13-7-5-9-20-17(13)18)15-10-12-6-3-4-8-14(12)15/h3-9,15-16,19H,2,10-11H2,1H3,(H2,18,20). The molecular formula is C17H21N3. The Morgan fingerprint density at radius 2 is 2.15 bits per heavy atom. The number of fused-ring (bicyclic) bond motifs is 1. The van der Waals surface area contributed by atoms with Crippen LogP contribution in [0.1, 0.15) is 29.5 Å². The van der Waals surface area contributed by atoms with Gasteiger partial charge in [-0.2, -0.15) is 0 Å². The molecule has 3 nitrogen and oxygen atoms in total. The van der Waals surface area contributed by atoms with E-state index in [4.69, 9.17) is 5.73 Å². The van der Waals surface area contributed by atoms with Gasteiger partial charge >= 0.3 is 0 Å². The van der Waals surface area contributed by atoms with Gasteiger partial charge in [-0.05, 0) is 42.1 Å². The average Bonchev–Trinajstić information content (AvgIpc) is 2.43. The number of hydrogen-bond donors (Lipinski definition) is 2. The van der Waals surface area contributed by atoms with Crippen molar-refractivity contribution in [3.05, 3.63) is 59.3 Å². The number of pyridine rings is 1. The highest BCUT2D eigenvalue weighted by atomic mass is 14.9. The van der Waals surface area contributed by atoms with Crippen molar-refractivity contribution < 1.29 is 0 Å². The molecule has 0 saturated heterocycles. The number of rotatable bonds is 5. The SMILES string of the molecule is CCNC(Cc1cccnc1N)C1Cc2ccccc21. The maximum atomic E-state index is 5.98. The Bertz CT molecular complexity index is 594. The molecule has 0 spiro atoms. The number of aromatic nitrogens is 1. The van der Waals surface area contributed by atoms with Gasteiger partial charge in [0.2, 0.25) is 0 Å². The molecule has 0 amide bonds. The average molecular weight is 267 g/mol. The molecule has 1 aliphatic rings. The summed E-state index contributed by atoms with van der Waals surface area (Å²) < 4.78 is 0. The van der Waals surface area contributed by atoms with Crippen molar-refractivity contribution >= 4 is 5.82 Å². The lowest BCUT2D eigenvalue weighted by atomic mass is 9.72. The molecule has 2 unspecified atom stereocenters. The molecule has 3 rings (SSSR count). The topological polar surface area (TPSA) is 50.9 Å². The number of nitrogen functional groups attached to an aromatic ring is 1. The highest BCUT2D eigenvalue weighted by Gasteiger charge is 2.32. The van der Waals surface area contributed by atoms with Crippen LogP contribution in [0.2, 0.25) is 0 Å². The van der Waals surface area contributed by atoms with Crippen molar-refractivity contribution in [3.63, 3.8) is 0 Å². The maximum Gasteiger partial charge on any atom is 0.126 e. The molecular weight excluding hydrogens is 246 g/mol. The second-order valence-corrected chi connectivity index (χ2v) is 5.43. The van der Waals surface area contributed by atoms with Crippen LogP contribution in [0.4, 0.5) is 5.82 Å². The van der Waals surface area contributed by atoms with Gasteiger partial charge in [-0.25, -0.2) is 4.98 Å². The van der Waals surface area contributed by atoms with Gasteiger partial charge in [-0.1, -0.05) is 37.3 Å². The number of benzene rings is 1. The second kappa shape index (κ2) is 5.63. The van der Waals surface area contributed by atoms with Gasteiger partial charge in [0.25, 0.3) is 0 Å². The fraction of sp³-hybridized carbons (Fsp3) is 0.353. The molecule has 20 heavy (non-hydrogen) atoms. The van der Waals surface area contributed by atoms with Crippen LogP contribution in [0.15, 0.2) is 42.6 Å². The van der Waals surface area contributed by atoms with Crippen molar-refractivity contribution in [2.45, 2.75) is 31.7 Å². The number of nitrogens with two attached hydrogens (primary N) is 1. The van der Waals surface area contributed by atoms with Gasteiger partial charge in [0.15, 0.2) is 0 Å². The summed E-state index contributed by atoms with van der Waals surface area (Å²) in [4.78, 5) is 4.19. The first-order valence-electron chi connectivity index (χ1n) is 7.30. The Labute approximate surface area is 120 Å². The first-order valence-corrected chi connectivity index (χ1v) is 7.30. The molecule has 1 heterocycles. The Balaban J connectivity index is 1.79. The Morgan fingerprint density at radius 3 is 2.90 bits per heavy atom. The van der Waals surface area contributed by atoms with Gasteiger partial charge in [-0.15, -0.1) is 0 Å². The van der Waals surface area contributed by atoms with Gasteiger partial charge < -0.3 is 11.1 Å². The fourth-order valence-electron chi connectivity index (χ4n) is 3.14. The van der Waals surface area contributed by atoms with Gasteiger partial charge in [-0.3, -0.25) is 0 Å². The third-order valence-corrected chi connectivity index (χ3v) is 4.21. The van der Waals surface area contributed by atoms with Crippen LogP contribution in [0.5, 0.6) is 0 Å². The van der Waals surface area contributed by atoms with Crippen LogP contribution in [-0.4, -0.2) is 17.6 Å². The molecule has 0 saturated carbocycles. The molecule has 1 aromatic heterocycles. The van der Waals surface area contributed by atoms with Crippen molar-refractivity contribution in [1.29, 1.82) is 0 Å². The lowest BCUT2D eigenvalue weighted by Gasteiger charge is -2.37. The lowest BCUT2D eigenvalue weighted by Crippen LogP contribution is -2.41. The van der Waals surface area contributed by atoms with E-state index in [-0.39, 0.29) is 0 Å². The predicted octanol–water partition coefficient (Wildman–Crippen LogP) is 2.52. The molecule has 3 heteroatoms. The van der Waals surface area contributed by atoms with Crippen LogP contribution >= 0.6 is 0 Å². The first kappa shape index (κ1) is 13.1. The second-order valence-electron chi connectivity index (χ2n) is 5.43. The van der Waals surface area contributed by atoms with Crippen molar-refractivity contribution in [1.82, 2.24) is 10.3 Å². The monoisotopic (exact) mass is 267 g/mol. The quantitative estimate of drug-likeness (QED) is 0.875. The largest absolute Gasteiger partial charge is 0.383 e. The van der Waals surface area contributed by atoms with E-state index < -0.39 is 0 Å². The number of nitrogens with zero attached hydrogens (tertiary/aromatic N) is 1. The fourth-order valence-corrected chi connectivity index (χ4v) is 3.14. The molecule has 2 atom stereocenters. The normalized spacial score (nSPS) is 18.1. The predicted molar refractivity (Wildman–Crippen MR) is 82.7 cm³/mol. The summed E-state index contributed by atoms with van der Waals surface area (Å²) in [7, 11) is 0. The zero-order valence-electron chi connectivity index (χ0n) is 11.8. The van der Waals surface area contributed by atoms with Gasteiger partial charge in [0.1, 0.15) is 5.82 Å². The lowest BCUT2D eigenvalue weighted by molar-refractivity contribution is 0.405. The Morgan fingerprint density at radius 1 is 1.30 bits per heavy atom. The molecule has 1 aliphatic carbocycles. The minimum atomic E-state index is 0.432. The van der Waals surface area contributed by atoms with Crippen LogP contribution in [0.25, 0.3) is 0 Å². The maximum absolute atomic E-state index is 5.98. The Hall–Kier alpha value is -1.87. The highest BCUT2D eigenvalue weighted by molar-refractivity contribution is 5.43. The number of anilines is 1. The summed E-state index contributed by atoms with van der Waals surface area (Å²) in [6.07, 6.45) is 3.85. The number of nitrogens with one attached hydrogen (secondary N) is 1. The third-order valence-electron chi connectivity index (χ3n) is 4.21. The third kappa shape index (κ3) is 2.41. The summed E-state index contributed by atoms with van der Waals surface area (Å²) >= 11 is 0. The van der Waals surface area contributed by atoms with Gasteiger partial charge in [0, 0.05) is 18.2 Å².